The summed E-state index contributed by atoms with van der Waals surface area (Å²) in [5.74, 6) is 1.44. The second kappa shape index (κ2) is 5.94. The van der Waals surface area contributed by atoms with Gasteiger partial charge in [-0.3, -0.25) is 0 Å². The van der Waals surface area contributed by atoms with Gasteiger partial charge in [0.2, 0.25) is 5.88 Å². The van der Waals surface area contributed by atoms with Gasteiger partial charge in [0.05, 0.1) is 15.7 Å². The Balaban J connectivity index is 2.37. The lowest BCUT2D eigenvalue weighted by Gasteiger charge is -2.10. The standard InChI is InChI=1S/C13H15BrClN3O/c1-8-10(7-16-2)13(18(3)17-8)19-12-5-4-9(15)6-11(12)14/h4-6,16H,7H2,1-3H3. The number of rotatable bonds is 4. The molecule has 0 aliphatic rings. The molecule has 0 fully saturated rings. The van der Waals surface area contributed by atoms with Crippen LogP contribution in [0, 0.1) is 6.92 Å². The maximum Gasteiger partial charge on any atom is 0.222 e. The smallest absolute Gasteiger partial charge is 0.222 e. The molecule has 102 valence electrons. The molecule has 0 atom stereocenters. The summed E-state index contributed by atoms with van der Waals surface area (Å²) < 4.78 is 8.51. The van der Waals surface area contributed by atoms with Gasteiger partial charge in [0.15, 0.2) is 0 Å². The molecule has 1 N–H and O–H groups in total. The van der Waals surface area contributed by atoms with Crippen LogP contribution in [-0.4, -0.2) is 16.8 Å². The number of aromatic nitrogens is 2. The molecule has 0 saturated heterocycles. The normalized spacial score (nSPS) is 10.8. The van der Waals surface area contributed by atoms with Gasteiger partial charge in [-0.1, -0.05) is 11.6 Å². The van der Waals surface area contributed by atoms with Crippen molar-refractivity contribution in [1.82, 2.24) is 15.1 Å². The molecule has 0 radical (unpaired) electrons. The van der Waals surface area contributed by atoms with E-state index in [4.69, 9.17) is 16.3 Å². The summed E-state index contributed by atoms with van der Waals surface area (Å²) in [5, 5.41) is 8.17. The monoisotopic (exact) mass is 343 g/mol. The molecular weight excluding hydrogens is 330 g/mol. The second-order valence-electron chi connectivity index (χ2n) is 4.20. The number of halogens is 2. The largest absolute Gasteiger partial charge is 0.438 e. The maximum absolute atomic E-state index is 5.95. The van der Waals surface area contributed by atoms with Gasteiger partial charge in [-0.25, -0.2) is 4.68 Å². The summed E-state index contributed by atoms with van der Waals surface area (Å²) in [6.07, 6.45) is 0. The van der Waals surface area contributed by atoms with Crippen LogP contribution < -0.4 is 10.1 Å². The fourth-order valence-electron chi connectivity index (χ4n) is 1.85. The number of nitrogens with one attached hydrogen (secondary N) is 1. The topological polar surface area (TPSA) is 39.1 Å². The highest BCUT2D eigenvalue weighted by atomic mass is 79.9. The van der Waals surface area contributed by atoms with Crippen molar-refractivity contribution in [1.29, 1.82) is 0 Å². The van der Waals surface area contributed by atoms with Gasteiger partial charge in [-0.2, -0.15) is 5.10 Å². The molecule has 19 heavy (non-hydrogen) atoms. The minimum atomic E-state index is 0.663. The van der Waals surface area contributed by atoms with Crippen molar-refractivity contribution >= 4 is 27.5 Å². The SMILES string of the molecule is CNCc1c(C)nn(C)c1Oc1ccc(Cl)cc1Br. The molecule has 1 heterocycles. The number of hydrogen-bond acceptors (Lipinski definition) is 3. The lowest BCUT2D eigenvalue weighted by molar-refractivity contribution is 0.422. The van der Waals surface area contributed by atoms with Crippen molar-refractivity contribution in [3.8, 4) is 11.6 Å². The molecule has 0 amide bonds. The number of nitrogens with zero attached hydrogens (tertiary/aromatic N) is 2. The first-order valence-electron chi connectivity index (χ1n) is 5.83. The van der Waals surface area contributed by atoms with E-state index in [2.05, 4.69) is 26.3 Å². The molecular formula is C13H15BrClN3O. The van der Waals surface area contributed by atoms with Crippen molar-refractivity contribution in [2.75, 3.05) is 7.05 Å². The van der Waals surface area contributed by atoms with Crippen molar-refractivity contribution < 1.29 is 4.74 Å². The van der Waals surface area contributed by atoms with Crippen LogP contribution in [0.15, 0.2) is 22.7 Å². The van der Waals surface area contributed by atoms with Gasteiger partial charge in [0.1, 0.15) is 5.75 Å². The van der Waals surface area contributed by atoms with Crippen molar-refractivity contribution in [3.05, 3.63) is 39.0 Å². The summed E-state index contributed by atoms with van der Waals surface area (Å²) in [5.41, 5.74) is 2.00. The fraction of sp³-hybridized carbons (Fsp3) is 0.308. The molecule has 2 aromatic rings. The molecule has 0 spiro atoms. The third-order valence-electron chi connectivity index (χ3n) is 2.74. The zero-order valence-corrected chi connectivity index (χ0v) is 13.3. The fourth-order valence-corrected chi connectivity index (χ4v) is 2.61. The van der Waals surface area contributed by atoms with Crippen LogP contribution in [0.1, 0.15) is 11.3 Å². The third kappa shape index (κ3) is 3.11. The first-order chi connectivity index (χ1) is 9.02. The lowest BCUT2D eigenvalue weighted by atomic mass is 10.2. The first-order valence-corrected chi connectivity index (χ1v) is 7.00. The van der Waals surface area contributed by atoms with Crippen molar-refractivity contribution in [2.24, 2.45) is 7.05 Å². The highest BCUT2D eigenvalue weighted by Crippen LogP contribution is 2.33. The van der Waals surface area contributed by atoms with Crippen LogP contribution in [0.25, 0.3) is 0 Å². The quantitative estimate of drug-likeness (QED) is 0.920. The molecule has 2 rings (SSSR count). The van der Waals surface area contributed by atoms with Gasteiger partial charge in [0.25, 0.3) is 0 Å². The highest BCUT2D eigenvalue weighted by molar-refractivity contribution is 9.10. The Morgan fingerprint density at radius 3 is 2.84 bits per heavy atom. The minimum absolute atomic E-state index is 0.663. The average Bonchev–Trinajstić information content (AvgIpc) is 2.60. The predicted molar refractivity (Wildman–Crippen MR) is 79.9 cm³/mol. The molecule has 1 aromatic heterocycles. The van der Waals surface area contributed by atoms with E-state index in [-0.39, 0.29) is 0 Å². The van der Waals surface area contributed by atoms with Crippen molar-refractivity contribution in [2.45, 2.75) is 13.5 Å². The van der Waals surface area contributed by atoms with Crippen LogP contribution in [0.4, 0.5) is 0 Å². The zero-order chi connectivity index (χ0) is 14.0. The van der Waals surface area contributed by atoms with Crippen LogP contribution in [0.3, 0.4) is 0 Å². The molecule has 0 unspecified atom stereocenters. The van der Waals surface area contributed by atoms with Crippen LogP contribution in [0.5, 0.6) is 11.6 Å². The van der Waals surface area contributed by atoms with Gasteiger partial charge < -0.3 is 10.1 Å². The maximum atomic E-state index is 5.95. The van der Waals surface area contributed by atoms with Gasteiger partial charge >= 0.3 is 0 Å². The lowest BCUT2D eigenvalue weighted by Crippen LogP contribution is -2.07. The molecule has 4 nitrogen and oxygen atoms in total. The Hall–Kier alpha value is -1.04. The minimum Gasteiger partial charge on any atom is -0.438 e. The summed E-state index contributed by atoms with van der Waals surface area (Å²) >= 11 is 9.37. The second-order valence-corrected chi connectivity index (χ2v) is 5.49. The summed E-state index contributed by atoms with van der Waals surface area (Å²) in [4.78, 5) is 0. The van der Waals surface area contributed by atoms with E-state index in [1.54, 1.807) is 16.8 Å². The van der Waals surface area contributed by atoms with Crippen molar-refractivity contribution in [3.63, 3.8) is 0 Å². The third-order valence-corrected chi connectivity index (χ3v) is 3.60. The zero-order valence-electron chi connectivity index (χ0n) is 11.0. The Bertz CT molecular complexity index is 598. The molecule has 6 heteroatoms. The Labute approximate surface area is 125 Å². The van der Waals surface area contributed by atoms with Gasteiger partial charge in [0, 0.05) is 18.6 Å². The number of ether oxygens (including phenoxy) is 1. The summed E-state index contributed by atoms with van der Waals surface area (Å²) in [6.45, 7) is 2.68. The number of benzene rings is 1. The van der Waals surface area contributed by atoms with E-state index in [1.807, 2.05) is 27.1 Å². The number of aryl methyl sites for hydroxylation is 2. The molecule has 0 aliphatic heterocycles. The Morgan fingerprint density at radius 2 is 2.21 bits per heavy atom. The van der Waals surface area contributed by atoms with Crippen LogP contribution in [-0.2, 0) is 13.6 Å². The van der Waals surface area contributed by atoms with Crippen LogP contribution in [0.2, 0.25) is 5.02 Å². The Kier molecular flexibility index (Phi) is 4.50. The molecule has 0 aliphatic carbocycles. The molecule has 0 bridgehead atoms. The number of hydrogen-bond donors (Lipinski definition) is 1. The van der Waals surface area contributed by atoms with E-state index in [0.29, 0.717) is 17.3 Å². The molecule has 0 saturated carbocycles. The summed E-state index contributed by atoms with van der Waals surface area (Å²) in [7, 11) is 3.76. The first kappa shape index (κ1) is 14.4. The van der Waals surface area contributed by atoms with Crippen LogP contribution >= 0.6 is 27.5 Å². The average molecular weight is 345 g/mol. The molecule has 1 aromatic carbocycles. The van der Waals surface area contributed by atoms with E-state index in [0.717, 1.165) is 21.6 Å². The van der Waals surface area contributed by atoms with Gasteiger partial charge in [-0.15, -0.1) is 0 Å². The Morgan fingerprint density at radius 1 is 1.47 bits per heavy atom. The van der Waals surface area contributed by atoms with E-state index in [9.17, 15) is 0 Å². The highest BCUT2D eigenvalue weighted by Gasteiger charge is 2.15. The van der Waals surface area contributed by atoms with E-state index >= 15 is 0 Å². The van der Waals surface area contributed by atoms with E-state index in [1.165, 1.54) is 0 Å². The van der Waals surface area contributed by atoms with Gasteiger partial charge in [-0.05, 0) is 48.1 Å². The van der Waals surface area contributed by atoms with E-state index < -0.39 is 0 Å². The predicted octanol–water partition coefficient (Wildman–Crippen LogP) is 3.66. The summed E-state index contributed by atoms with van der Waals surface area (Å²) in [6, 6.07) is 5.43.